The van der Waals surface area contributed by atoms with Gasteiger partial charge in [0.2, 0.25) is 0 Å². The number of amides is 1. The fourth-order valence-corrected chi connectivity index (χ4v) is 4.55. The van der Waals surface area contributed by atoms with Gasteiger partial charge in [-0.2, -0.15) is 5.10 Å². The van der Waals surface area contributed by atoms with E-state index in [0.717, 1.165) is 23.4 Å². The highest BCUT2D eigenvalue weighted by molar-refractivity contribution is 6.36. The second kappa shape index (κ2) is 10.2. The lowest BCUT2D eigenvalue weighted by atomic mass is 10.1. The van der Waals surface area contributed by atoms with Crippen molar-refractivity contribution in [1.82, 2.24) is 19.7 Å². The van der Waals surface area contributed by atoms with Gasteiger partial charge in [-0.25, -0.2) is 14.1 Å². The summed E-state index contributed by atoms with van der Waals surface area (Å²) < 4.78 is 21.4. The summed E-state index contributed by atoms with van der Waals surface area (Å²) in [6.07, 6.45) is 0.832. The van der Waals surface area contributed by atoms with E-state index in [2.05, 4.69) is 20.4 Å². The quantitative estimate of drug-likeness (QED) is 0.229. The highest BCUT2D eigenvalue weighted by atomic mass is 35.5. The number of rotatable bonds is 7. The normalized spacial score (nSPS) is 11.2. The lowest BCUT2D eigenvalue weighted by Gasteiger charge is -2.08. The van der Waals surface area contributed by atoms with Gasteiger partial charge in [-0.15, -0.1) is 0 Å². The summed E-state index contributed by atoms with van der Waals surface area (Å²) >= 11 is 12.7. The highest BCUT2D eigenvalue weighted by Crippen LogP contribution is 2.33. The molecule has 0 aliphatic rings. The first-order valence-corrected chi connectivity index (χ1v) is 12.3. The second-order valence-electron chi connectivity index (χ2n) is 8.35. The molecule has 0 spiro atoms. The van der Waals surface area contributed by atoms with Crippen LogP contribution < -0.4 is 10.1 Å². The molecule has 10 heteroatoms. The summed E-state index contributed by atoms with van der Waals surface area (Å²) in [5, 5.41) is 8.08. The number of aryl methyl sites for hydroxylation is 1. The number of aromatic nitrogens is 4. The zero-order valence-electron chi connectivity index (χ0n) is 20.0. The average molecular weight is 538 g/mol. The maximum Gasteiger partial charge on any atom is 0.256 e. The first-order valence-electron chi connectivity index (χ1n) is 11.5. The first kappa shape index (κ1) is 24.8. The molecule has 5 aromatic rings. The molecule has 0 unspecified atom stereocenters. The number of fused-ring (bicyclic) bond motifs is 1. The van der Waals surface area contributed by atoms with E-state index < -0.39 is 5.82 Å². The zero-order chi connectivity index (χ0) is 26.1. The van der Waals surface area contributed by atoms with Gasteiger partial charge in [0.15, 0.2) is 0 Å². The van der Waals surface area contributed by atoms with Crippen LogP contribution in [0.2, 0.25) is 10.0 Å². The van der Waals surface area contributed by atoms with Gasteiger partial charge < -0.3 is 15.0 Å². The minimum Gasteiger partial charge on any atom is -0.497 e. The first-order chi connectivity index (χ1) is 17.9. The van der Waals surface area contributed by atoms with E-state index >= 15 is 0 Å². The topological polar surface area (TPSA) is 84.8 Å². The van der Waals surface area contributed by atoms with E-state index in [4.69, 9.17) is 27.9 Å². The summed E-state index contributed by atoms with van der Waals surface area (Å²) in [5.74, 6) is 0.627. The predicted octanol–water partition coefficient (Wildman–Crippen LogP) is 7.21. The molecule has 0 saturated heterocycles. The number of anilines is 1. The number of benzene rings is 3. The third-order valence-electron chi connectivity index (χ3n) is 5.85. The van der Waals surface area contributed by atoms with E-state index in [1.807, 2.05) is 37.3 Å². The van der Waals surface area contributed by atoms with E-state index in [1.54, 1.807) is 23.9 Å². The number of imidazole rings is 1. The Morgan fingerprint density at radius 3 is 2.59 bits per heavy atom. The molecule has 0 radical (unpaired) electrons. The zero-order valence-corrected chi connectivity index (χ0v) is 21.5. The Balaban J connectivity index is 1.46. The van der Waals surface area contributed by atoms with Crippen LogP contribution in [0.4, 0.5) is 10.2 Å². The molecule has 0 aliphatic carbocycles. The molecule has 0 bridgehead atoms. The van der Waals surface area contributed by atoms with Crippen LogP contribution in [0.3, 0.4) is 0 Å². The molecule has 0 aliphatic heterocycles. The van der Waals surface area contributed by atoms with Crippen LogP contribution in [0.25, 0.3) is 33.7 Å². The smallest absolute Gasteiger partial charge is 0.256 e. The lowest BCUT2D eigenvalue weighted by Crippen LogP contribution is -2.15. The highest BCUT2D eigenvalue weighted by Gasteiger charge is 2.19. The van der Waals surface area contributed by atoms with Crippen LogP contribution in [0.5, 0.6) is 5.75 Å². The average Bonchev–Trinajstić information content (AvgIpc) is 3.49. The maximum absolute atomic E-state index is 14.4. The third-order valence-corrected chi connectivity index (χ3v) is 6.46. The Kier molecular flexibility index (Phi) is 6.86. The molecule has 37 heavy (non-hydrogen) atoms. The molecule has 2 aromatic heterocycles. The molecule has 0 fully saturated rings. The maximum atomic E-state index is 14.4. The summed E-state index contributed by atoms with van der Waals surface area (Å²) in [5.41, 5.74) is 2.94. The van der Waals surface area contributed by atoms with Gasteiger partial charge in [0.25, 0.3) is 5.91 Å². The van der Waals surface area contributed by atoms with Gasteiger partial charge in [0.05, 0.1) is 39.4 Å². The predicted molar refractivity (Wildman–Crippen MR) is 144 cm³/mol. The van der Waals surface area contributed by atoms with Gasteiger partial charge in [-0.1, -0.05) is 36.2 Å². The Labute approximate surface area is 222 Å². The molecule has 7 nitrogen and oxygen atoms in total. The fraction of sp³-hybridized carbons (Fsp3) is 0.148. The summed E-state index contributed by atoms with van der Waals surface area (Å²) in [4.78, 5) is 20.7. The van der Waals surface area contributed by atoms with Crippen molar-refractivity contribution in [2.45, 2.75) is 19.9 Å². The molecule has 2 N–H and O–H groups in total. The summed E-state index contributed by atoms with van der Waals surface area (Å²) in [6.45, 7) is 2.66. The minimum absolute atomic E-state index is 0.136. The molecule has 1 amide bonds. The number of ether oxygens (including phenoxy) is 1. The summed E-state index contributed by atoms with van der Waals surface area (Å²) in [6, 6.07) is 16.9. The van der Waals surface area contributed by atoms with Crippen LogP contribution >= 0.6 is 23.2 Å². The van der Waals surface area contributed by atoms with E-state index in [-0.39, 0.29) is 27.3 Å². The van der Waals surface area contributed by atoms with E-state index in [9.17, 15) is 9.18 Å². The molecular formula is C27H22Cl2FN5O2. The lowest BCUT2D eigenvalue weighted by molar-refractivity contribution is 0.102. The van der Waals surface area contributed by atoms with Crippen molar-refractivity contribution in [3.05, 3.63) is 82.1 Å². The number of carbonyl (C=O) groups is 1. The third kappa shape index (κ3) is 4.90. The van der Waals surface area contributed by atoms with Crippen molar-refractivity contribution in [3.63, 3.8) is 0 Å². The Bertz CT molecular complexity index is 1590. The SMILES string of the molecule is CCCn1nc(-c2ccc(OC)cc2)cc1NC(=O)c1cc(Cl)c2[nH]c(-c3c(F)cccc3Cl)nc2c1. The van der Waals surface area contributed by atoms with Crippen molar-refractivity contribution >= 4 is 46.0 Å². The number of hydrogen-bond donors (Lipinski definition) is 2. The number of carbonyl (C=O) groups excluding carboxylic acids is 1. The van der Waals surface area contributed by atoms with Gasteiger partial charge in [-0.3, -0.25) is 4.79 Å². The van der Waals surface area contributed by atoms with Gasteiger partial charge in [0.1, 0.15) is 23.2 Å². The number of halogens is 3. The summed E-state index contributed by atoms with van der Waals surface area (Å²) in [7, 11) is 1.61. The molecule has 0 saturated carbocycles. The number of methoxy groups -OCH3 is 1. The molecule has 188 valence electrons. The number of hydrogen-bond acceptors (Lipinski definition) is 4. The van der Waals surface area contributed by atoms with Gasteiger partial charge in [-0.05, 0) is 55.0 Å². The Hall–Kier alpha value is -3.88. The van der Waals surface area contributed by atoms with Crippen molar-refractivity contribution in [3.8, 4) is 28.4 Å². The molecule has 3 aromatic carbocycles. The molecule has 2 heterocycles. The Morgan fingerprint density at radius 1 is 1.11 bits per heavy atom. The van der Waals surface area contributed by atoms with Crippen molar-refractivity contribution < 1.29 is 13.9 Å². The van der Waals surface area contributed by atoms with E-state index in [0.29, 0.717) is 29.0 Å². The van der Waals surface area contributed by atoms with Crippen LogP contribution in [0, 0.1) is 5.82 Å². The van der Waals surface area contributed by atoms with Crippen LogP contribution in [-0.4, -0.2) is 32.8 Å². The standard InChI is InChI=1S/C27H22Cl2FN5O2/c1-3-11-35-23(14-21(34-35)15-7-9-17(37-2)10-8-15)32-27(36)16-12-19(29)25-22(13-16)31-26(33-25)24-18(28)5-4-6-20(24)30/h4-10,12-14H,3,11H2,1-2H3,(H,31,33)(H,32,36). The molecule has 0 atom stereocenters. The number of nitrogens with one attached hydrogen (secondary N) is 2. The Morgan fingerprint density at radius 2 is 1.89 bits per heavy atom. The van der Waals surface area contributed by atoms with E-state index in [1.165, 1.54) is 18.2 Å². The number of nitrogens with zero attached hydrogens (tertiary/aromatic N) is 3. The van der Waals surface area contributed by atoms with Gasteiger partial charge >= 0.3 is 0 Å². The number of H-pyrrole nitrogens is 1. The van der Waals surface area contributed by atoms with Crippen molar-refractivity contribution in [2.75, 3.05) is 12.4 Å². The second-order valence-corrected chi connectivity index (χ2v) is 9.17. The molecular weight excluding hydrogens is 516 g/mol. The van der Waals surface area contributed by atoms with Gasteiger partial charge in [0, 0.05) is 23.7 Å². The van der Waals surface area contributed by atoms with Crippen molar-refractivity contribution in [2.24, 2.45) is 0 Å². The largest absolute Gasteiger partial charge is 0.497 e. The number of aromatic amines is 1. The monoisotopic (exact) mass is 537 g/mol. The fourth-order valence-electron chi connectivity index (χ4n) is 4.04. The van der Waals surface area contributed by atoms with Crippen molar-refractivity contribution in [1.29, 1.82) is 0 Å². The van der Waals surface area contributed by atoms with Crippen LogP contribution in [0.1, 0.15) is 23.7 Å². The molecule has 5 rings (SSSR count). The van der Waals surface area contributed by atoms with Crippen LogP contribution in [-0.2, 0) is 6.54 Å². The minimum atomic E-state index is -0.516. The van der Waals surface area contributed by atoms with Crippen LogP contribution in [0.15, 0.2) is 60.7 Å².